The topological polar surface area (TPSA) is 57.5 Å². The van der Waals surface area contributed by atoms with Gasteiger partial charge >= 0.3 is 0 Å². The lowest BCUT2D eigenvalue weighted by atomic mass is 10.2. The zero-order chi connectivity index (χ0) is 18.1. The van der Waals surface area contributed by atoms with Gasteiger partial charge in [0.15, 0.2) is 5.84 Å². The molecule has 130 valence electrons. The number of ether oxygens (including phenoxy) is 1. The number of carbonyl (C=O) groups is 1. The third kappa shape index (κ3) is 2.74. The Hall–Kier alpha value is -3.12. The summed E-state index contributed by atoms with van der Waals surface area (Å²) in [5, 5.41) is 5.62. The zero-order valence-electron chi connectivity index (χ0n) is 14.0. The Morgan fingerprint density at radius 3 is 2.50 bits per heavy atom. The number of amidine groups is 1. The van der Waals surface area contributed by atoms with Crippen molar-refractivity contribution in [3.05, 3.63) is 65.9 Å². The quantitative estimate of drug-likeness (QED) is 0.616. The molecule has 1 amide bonds. The summed E-state index contributed by atoms with van der Waals surface area (Å²) in [4.78, 5) is 19.0. The largest absolute Gasteiger partial charge is 0.497 e. The van der Waals surface area contributed by atoms with Crippen LogP contribution in [0.2, 0.25) is 0 Å². The summed E-state index contributed by atoms with van der Waals surface area (Å²) >= 11 is 6.01. The molecule has 7 heteroatoms. The Labute approximate surface area is 155 Å². The van der Waals surface area contributed by atoms with Crippen molar-refractivity contribution in [1.82, 2.24) is 5.01 Å². The van der Waals surface area contributed by atoms with Crippen molar-refractivity contribution in [2.75, 3.05) is 17.9 Å². The molecule has 6 nitrogen and oxygen atoms in total. The number of rotatable bonds is 4. The van der Waals surface area contributed by atoms with E-state index in [2.05, 4.69) is 10.1 Å². The summed E-state index contributed by atoms with van der Waals surface area (Å²) in [7, 11) is 1.61. The van der Waals surface area contributed by atoms with Crippen LogP contribution in [0.5, 0.6) is 5.75 Å². The third-order valence-electron chi connectivity index (χ3n) is 4.05. The van der Waals surface area contributed by atoms with Gasteiger partial charge in [0.1, 0.15) is 11.4 Å². The van der Waals surface area contributed by atoms with E-state index in [9.17, 15) is 4.79 Å². The Morgan fingerprint density at radius 2 is 1.85 bits per heavy atom. The van der Waals surface area contributed by atoms with Gasteiger partial charge in [-0.15, -0.1) is 16.7 Å². The van der Waals surface area contributed by atoms with Crippen molar-refractivity contribution >= 4 is 41.1 Å². The second kappa shape index (κ2) is 6.65. The highest BCUT2D eigenvalue weighted by Gasteiger charge is 2.41. The number of benzene rings is 2. The first-order chi connectivity index (χ1) is 12.7. The first kappa shape index (κ1) is 16.4. The number of para-hydroxylation sites is 1. The van der Waals surface area contributed by atoms with Crippen LogP contribution in [-0.4, -0.2) is 35.7 Å². The number of alkyl halides is 1. The van der Waals surface area contributed by atoms with Crippen molar-refractivity contribution in [2.45, 2.75) is 0 Å². The number of methoxy groups -OCH3 is 1. The first-order valence-electron chi connectivity index (χ1n) is 7.99. The maximum atomic E-state index is 12.7. The molecule has 0 unspecified atom stereocenters. The number of anilines is 1. The lowest BCUT2D eigenvalue weighted by Crippen LogP contribution is -2.37. The van der Waals surface area contributed by atoms with E-state index in [0.717, 1.165) is 17.0 Å². The highest BCUT2D eigenvalue weighted by Crippen LogP contribution is 2.29. The summed E-state index contributed by atoms with van der Waals surface area (Å²) < 4.78 is 5.15. The van der Waals surface area contributed by atoms with Crippen molar-refractivity contribution < 1.29 is 9.53 Å². The van der Waals surface area contributed by atoms with Crippen LogP contribution in [0.15, 0.2) is 70.4 Å². The minimum absolute atomic E-state index is 0.176. The van der Waals surface area contributed by atoms with Gasteiger partial charge in [0.2, 0.25) is 5.96 Å². The van der Waals surface area contributed by atoms with Gasteiger partial charge in [-0.3, -0.25) is 9.69 Å². The fourth-order valence-electron chi connectivity index (χ4n) is 2.79. The van der Waals surface area contributed by atoms with Crippen LogP contribution in [0.25, 0.3) is 6.08 Å². The minimum Gasteiger partial charge on any atom is -0.497 e. The molecule has 0 aliphatic carbocycles. The highest BCUT2D eigenvalue weighted by molar-refractivity contribution is 6.38. The van der Waals surface area contributed by atoms with E-state index in [1.54, 1.807) is 18.1 Å². The first-order valence-corrected chi connectivity index (χ1v) is 8.52. The van der Waals surface area contributed by atoms with Crippen molar-refractivity contribution in [3.8, 4) is 5.75 Å². The van der Waals surface area contributed by atoms with Gasteiger partial charge in [0.05, 0.1) is 18.7 Å². The molecule has 2 heterocycles. The molecular formula is C19H15ClN4O2. The molecule has 0 saturated heterocycles. The highest BCUT2D eigenvalue weighted by atomic mass is 35.5. The molecule has 2 aromatic rings. The number of carbonyl (C=O) groups excluding carboxylic acids is 1. The molecule has 26 heavy (non-hydrogen) atoms. The molecule has 2 aromatic carbocycles. The number of amides is 1. The predicted molar refractivity (Wildman–Crippen MR) is 102 cm³/mol. The summed E-state index contributed by atoms with van der Waals surface area (Å²) in [6.07, 6.45) is 1.73. The van der Waals surface area contributed by atoms with E-state index in [-0.39, 0.29) is 11.8 Å². The van der Waals surface area contributed by atoms with Crippen molar-refractivity contribution in [3.63, 3.8) is 0 Å². The van der Waals surface area contributed by atoms with Crippen LogP contribution >= 0.6 is 11.6 Å². The molecule has 2 aliphatic rings. The van der Waals surface area contributed by atoms with Crippen molar-refractivity contribution in [1.29, 1.82) is 0 Å². The summed E-state index contributed by atoms with van der Waals surface area (Å²) in [6.45, 7) is 0. The number of hydrogen-bond acceptors (Lipinski definition) is 5. The number of hydrazone groups is 1. The van der Waals surface area contributed by atoms with Crippen LogP contribution in [-0.2, 0) is 4.79 Å². The third-order valence-corrected chi connectivity index (χ3v) is 4.29. The van der Waals surface area contributed by atoms with Gasteiger partial charge in [-0.05, 0) is 35.9 Å². The maximum Gasteiger partial charge on any atom is 0.300 e. The van der Waals surface area contributed by atoms with Gasteiger partial charge in [-0.25, -0.2) is 4.99 Å². The molecule has 0 saturated carbocycles. The smallest absolute Gasteiger partial charge is 0.300 e. The molecule has 4 rings (SSSR count). The standard InChI is InChI=1S/C19H15ClN4O2/c1-26-15-9-7-13(8-10-15)11-16-18(25)24-19(21-16)23(17(12-20)22-24)14-5-3-2-4-6-14/h2-11H,12H2,1H3/b16-11+. The van der Waals surface area contributed by atoms with Crippen LogP contribution in [0.3, 0.4) is 0 Å². The van der Waals surface area contributed by atoms with Gasteiger partial charge in [0, 0.05) is 0 Å². The van der Waals surface area contributed by atoms with Crippen LogP contribution < -0.4 is 9.64 Å². The fourth-order valence-corrected chi connectivity index (χ4v) is 2.97. The van der Waals surface area contributed by atoms with E-state index < -0.39 is 0 Å². The summed E-state index contributed by atoms with van der Waals surface area (Å²) in [6, 6.07) is 17.0. The van der Waals surface area contributed by atoms with E-state index in [0.29, 0.717) is 17.5 Å². The number of guanidine groups is 1. The van der Waals surface area contributed by atoms with Crippen LogP contribution in [0.1, 0.15) is 5.56 Å². The summed E-state index contributed by atoms with van der Waals surface area (Å²) in [5.74, 6) is 1.65. The Morgan fingerprint density at radius 1 is 1.12 bits per heavy atom. The Kier molecular flexibility index (Phi) is 4.18. The fraction of sp³-hybridized carbons (Fsp3) is 0.105. The lowest BCUT2D eigenvalue weighted by molar-refractivity contribution is -0.122. The zero-order valence-corrected chi connectivity index (χ0v) is 14.7. The SMILES string of the molecule is COc1ccc(/C=C2/N=C3N(N=C(CCl)N3c3ccccc3)C2=O)cc1. The number of hydrogen-bond donors (Lipinski definition) is 0. The molecule has 0 aromatic heterocycles. The molecule has 2 aliphatic heterocycles. The normalized spacial score (nSPS) is 17.5. The molecular weight excluding hydrogens is 352 g/mol. The van der Waals surface area contributed by atoms with Gasteiger partial charge in [-0.1, -0.05) is 30.3 Å². The van der Waals surface area contributed by atoms with Crippen LogP contribution in [0.4, 0.5) is 5.69 Å². The van der Waals surface area contributed by atoms with Crippen LogP contribution in [0, 0.1) is 0 Å². The average molecular weight is 367 g/mol. The Balaban J connectivity index is 1.70. The molecule has 0 bridgehead atoms. The van der Waals surface area contributed by atoms with E-state index >= 15 is 0 Å². The molecule has 0 N–H and O–H groups in total. The number of aliphatic imine (C=N–C) groups is 1. The molecule has 0 fully saturated rings. The second-order valence-electron chi connectivity index (χ2n) is 5.65. The summed E-state index contributed by atoms with van der Waals surface area (Å²) in [5.41, 5.74) is 2.03. The molecule has 0 atom stereocenters. The number of nitrogens with zero attached hydrogens (tertiary/aromatic N) is 4. The lowest BCUT2D eigenvalue weighted by Gasteiger charge is -2.18. The van der Waals surface area contributed by atoms with Gasteiger partial charge in [0.25, 0.3) is 5.91 Å². The van der Waals surface area contributed by atoms with Gasteiger partial charge < -0.3 is 4.74 Å². The maximum absolute atomic E-state index is 12.7. The molecule has 0 spiro atoms. The molecule has 0 radical (unpaired) electrons. The number of halogens is 1. The van der Waals surface area contributed by atoms with Crippen molar-refractivity contribution in [2.24, 2.45) is 10.1 Å². The van der Waals surface area contributed by atoms with E-state index in [4.69, 9.17) is 16.3 Å². The number of fused-ring (bicyclic) bond motifs is 1. The second-order valence-corrected chi connectivity index (χ2v) is 5.92. The monoisotopic (exact) mass is 366 g/mol. The van der Waals surface area contributed by atoms with Gasteiger partial charge in [-0.2, -0.15) is 5.01 Å². The minimum atomic E-state index is -0.281. The average Bonchev–Trinajstić information content (AvgIpc) is 3.19. The van der Waals surface area contributed by atoms with E-state index in [1.165, 1.54) is 5.01 Å². The van der Waals surface area contributed by atoms with E-state index in [1.807, 2.05) is 54.6 Å². The Bertz CT molecular complexity index is 936. The predicted octanol–water partition coefficient (Wildman–Crippen LogP) is 3.31.